The van der Waals surface area contributed by atoms with E-state index >= 15 is 0 Å². The van der Waals surface area contributed by atoms with Gasteiger partial charge in [0.1, 0.15) is 0 Å². The Morgan fingerprint density at radius 2 is 1.71 bits per heavy atom. The molecular weight excluding hydrogens is 194 g/mol. The summed E-state index contributed by atoms with van der Waals surface area (Å²) in [5.41, 5.74) is 0. The zero-order valence-electron chi connectivity index (χ0n) is 9.23. The minimum absolute atomic E-state index is 0.829. The molecular formula is C12H24ClN. The van der Waals surface area contributed by atoms with Crippen LogP contribution in [0.2, 0.25) is 0 Å². The largest absolute Gasteiger partial charge is 0.316 e. The summed E-state index contributed by atoms with van der Waals surface area (Å²) in [6.07, 6.45) is 11.0. The van der Waals surface area contributed by atoms with Gasteiger partial charge >= 0.3 is 0 Å². The third-order valence-electron chi connectivity index (χ3n) is 3.14. The van der Waals surface area contributed by atoms with E-state index in [1.807, 2.05) is 0 Å². The lowest BCUT2D eigenvalue weighted by molar-refractivity contribution is 0.479. The lowest BCUT2D eigenvalue weighted by atomic mass is 10.1. The molecule has 1 saturated carbocycles. The molecule has 0 aromatic rings. The van der Waals surface area contributed by atoms with Crippen LogP contribution in [0.1, 0.15) is 51.4 Å². The second-order valence-electron chi connectivity index (χ2n) is 4.46. The van der Waals surface area contributed by atoms with E-state index in [4.69, 9.17) is 11.6 Å². The molecule has 0 unspecified atom stereocenters. The number of alkyl halides is 1. The molecule has 0 heterocycles. The Bertz CT molecular complexity index is 121. The maximum absolute atomic E-state index is 5.61. The third kappa shape index (κ3) is 5.87. The Balaban J connectivity index is 1.75. The number of hydrogen-bond acceptors (Lipinski definition) is 1. The highest BCUT2D eigenvalue weighted by atomic mass is 35.5. The molecule has 1 rings (SSSR count). The SMILES string of the molecule is ClCCCCCCNCC1CCCC1. The molecule has 0 spiro atoms. The molecule has 14 heavy (non-hydrogen) atoms. The molecule has 0 radical (unpaired) electrons. The van der Waals surface area contributed by atoms with E-state index < -0.39 is 0 Å². The van der Waals surface area contributed by atoms with Crippen molar-refractivity contribution in [2.75, 3.05) is 19.0 Å². The van der Waals surface area contributed by atoms with Crippen molar-refractivity contribution in [2.24, 2.45) is 5.92 Å². The van der Waals surface area contributed by atoms with E-state index in [1.54, 1.807) is 0 Å². The summed E-state index contributed by atoms with van der Waals surface area (Å²) in [6.45, 7) is 2.47. The number of rotatable bonds is 8. The molecule has 1 N–H and O–H groups in total. The van der Waals surface area contributed by atoms with Crippen molar-refractivity contribution in [3.8, 4) is 0 Å². The number of nitrogens with one attached hydrogen (secondary N) is 1. The molecule has 2 heteroatoms. The second-order valence-corrected chi connectivity index (χ2v) is 4.84. The predicted octanol–water partition coefficient (Wildman–Crippen LogP) is 3.57. The summed E-state index contributed by atoms with van der Waals surface area (Å²) in [5.74, 6) is 1.81. The monoisotopic (exact) mass is 217 g/mol. The number of unbranched alkanes of at least 4 members (excludes halogenated alkanes) is 3. The highest BCUT2D eigenvalue weighted by molar-refractivity contribution is 6.17. The fourth-order valence-electron chi connectivity index (χ4n) is 2.22. The second kappa shape index (κ2) is 8.55. The Hall–Kier alpha value is 0.250. The van der Waals surface area contributed by atoms with Gasteiger partial charge in [-0.05, 0) is 44.7 Å². The first kappa shape index (κ1) is 12.3. The molecule has 1 fully saturated rings. The van der Waals surface area contributed by atoms with Crippen molar-refractivity contribution in [2.45, 2.75) is 51.4 Å². The molecule has 1 nitrogen and oxygen atoms in total. The fraction of sp³-hybridized carbons (Fsp3) is 1.00. The van der Waals surface area contributed by atoms with Gasteiger partial charge in [0.05, 0.1) is 0 Å². The summed E-state index contributed by atoms with van der Waals surface area (Å²) in [6, 6.07) is 0. The van der Waals surface area contributed by atoms with Crippen LogP contribution in [-0.2, 0) is 0 Å². The van der Waals surface area contributed by atoms with Gasteiger partial charge in [0, 0.05) is 5.88 Å². The molecule has 0 bridgehead atoms. The first-order valence-corrected chi connectivity index (χ1v) is 6.73. The maximum Gasteiger partial charge on any atom is 0.0223 e. The summed E-state index contributed by atoms with van der Waals surface area (Å²) in [4.78, 5) is 0. The van der Waals surface area contributed by atoms with Crippen LogP contribution in [0.3, 0.4) is 0 Å². The zero-order chi connectivity index (χ0) is 10.1. The van der Waals surface area contributed by atoms with Gasteiger partial charge in [-0.3, -0.25) is 0 Å². The van der Waals surface area contributed by atoms with E-state index in [9.17, 15) is 0 Å². The van der Waals surface area contributed by atoms with E-state index in [0.717, 1.165) is 11.8 Å². The topological polar surface area (TPSA) is 12.0 Å². The molecule has 0 aromatic heterocycles. The van der Waals surface area contributed by atoms with Crippen molar-refractivity contribution < 1.29 is 0 Å². The van der Waals surface area contributed by atoms with Crippen molar-refractivity contribution in [3.63, 3.8) is 0 Å². The Morgan fingerprint density at radius 1 is 1.00 bits per heavy atom. The summed E-state index contributed by atoms with van der Waals surface area (Å²) < 4.78 is 0. The summed E-state index contributed by atoms with van der Waals surface area (Å²) >= 11 is 5.61. The van der Waals surface area contributed by atoms with Crippen molar-refractivity contribution >= 4 is 11.6 Å². The highest BCUT2D eigenvalue weighted by Crippen LogP contribution is 2.23. The van der Waals surface area contributed by atoms with Crippen LogP contribution in [0.25, 0.3) is 0 Å². The molecule has 0 aromatic carbocycles. The zero-order valence-corrected chi connectivity index (χ0v) is 9.99. The quantitative estimate of drug-likeness (QED) is 0.484. The molecule has 0 aliphatic heterocycles. The molecule has 0 amide bonds. The van der Waals surface area contributed by atoms with E-state index in [2.05, 4.69) is 5.32 Å². The highest BCUT2D eigenvalue weighted by Gasteiger charge is 2.13. The van der Waals surface area contributed by atoms with Gasteiger partial charge < -0.3 is 5.32 Å². The molecule has 1 aliphatic rings. The minimum atomic E-state index is 0.829. The number of halogens is 1. The predicted molar refractivity (Wildman–Crippen MR) is 64.0 cm³/mol. The lowest BCUT2D eigenvalue weighted by Gasteiger charge is -2.09. The number of hydrogen-bond donors (Lipinski definition) is 1. The molecule has 1 aliphatic carbocycles. The van der Waals surface area contributed by atoms with Gasteiger partial charge in [0.15, 0.2) is 0 Å². The normalized spacial score (nSPS) is 17.8. The summed E-state index contributed by atoms with van der Waals surface area (Å²) in [7, 11) is 0. The maximum atomic E-state index is 5.61. The Kier molecular flexibility index (Phi) is 7.52. The van der Waals surface area contributed by atoms with Crippen LogP contribution >= 0.6 is 11.6 Å². The molecule has 0 saturated heterocycles. The Morgan fingerprint density at radius 3 is 2.43 bits per heavy atom. The van der Waals surface area contributed by atoms with E-state index in [0.29, 0.717) is 0 Å². The average molecular weight is 218 g/mol. The molecule has 84 valence electrons. The third-order valence-corrected chi connectivity index (χ3v) is 3.41. The van der Waals surface area contributed by atoms with E-state index in [-0.39, 0.29) is 0 Å². The van der Waals surface area contributed by atoms with Crippen LogP contribution in [-0.4, -0.2) is 19.0 Å². The fourth-order valence-corrected chi connectivity index (χ4v) is 2.41. The lowest BCUT2D eigenvalue weighted by Crippen LogP contribution is -2.22. The van der Waals surface area contributed by atoms with Crippen molar-refractivity contribution in [1.29, 1.82) is 0 Å². The van der Waals surface area contributed by atoms with Gasteiger partial charge in [0.25, 0.3) is 0 Å². The van der Waals surface area contributed by atoms with Crippen molar-refractivity contribution in [1.82, 2.24) is 5.32 Å². The van der Waals surface area contributed by atoms with Crippen molar-refractivity contribution in [3.05, 3.63) is 0 Å². The smallest absolute Gasteiger partial charge is 0.0223 e. The minimum Gasteiger partial charge on any atom is -0.316 e. The standard InChI is InChI=1S/C12H24ClN/c13-9-5-1-2-6-10-14-11-12-7-3-4-8-12/h12,14H,1-11H2. The van der Waals surface area contributed by atoms with Crippen LogP contribution in [0.15, 0.2) is 0 Å². The van der Waals surface area contributed by atoms with Crippen LogP contribution in [0, 0.1) is 5.92 Å². The first-order chi connectivity index (χ1) is 6.93. The van der Waals surface area contributed by atoms with Gasteiger partial charge in [-0.15, -0.1) is 11.6 Å². The summed E-state index contributed by atoms with van der Waals surface area (Å²) in [5, 5.41) is 3.57. The van der Waals surface area contributed by atoms with E-state index in [1.165, 1.54) is 64.5 Å². The van der Waals surface area contributed by atoms with Gasteiger partial charge in [-0.25, -0.2) is 0 Å². The molecule has 0 atom stereocenters. The van der Waals surface area contributed by atoms with Gasteiger partial charge in [0.2, 0.25) is 0 Å². The van der Waals surface area contributed by atoms with Gasteiger partial charge in [-0.1, -0.05) is 25.7 Å². The van der Waals surface area contributed by atoms with Gasteiger partial charge in [-0.2, -0.15) is 0 Å². The Labute approximate surface area is 93.6 Å². The van der Waals surface area contributed by atoms with Crippen LogP contribution < -0.4 is 5.32 Å². The first-order valence-electron chi connectivity index (χ1n) is 6.20. The van der Waals surface area contributed by atoms with Crippen LogP contribution in [0.5, 0.6) is 0 Å². The average Bonchev–Trinajstić information content (AvgIpc) is 2.69. The van der Waals surface area contributed by atoms with Crippen LogP contribution in [0.4, 0.5) is 0 Å².